The highest BCUT2D eigenvalue weighted by molar-refractivity contribution is 7.91. The lowest BCUT2D eigenvalue weighted by Gasteiger charge is -2.21. The van der Waals surface area contributed by atoms with Gasteiger partial charge in [-0.15, -0.1) is 11.3 Å². The van der Waals surface area contributed by atoms with Crippen LogP contribution in [0.3, 0.4) is 0 Å². The molecule has 3 rings (SSSR count). The highest BCUT2D eigenvalue weighted by atomic mass is 32.2. The first kappa shape index (κ1) is 11.6. The molecule has 5 nitrogen and oxygen atoms in total. The third-order valence-corrected chi connectivity index (χ3v) is 6.83. The summed E-state index contributed by atoms with van der Waals surface area (Å²) in [7, 11) is -3.32. The van der Waals surface area contributed by atoms with E-state index in [-0.39, 0.29) is 6.04 Å². The van der Waals surface area contributed by atoms with Crippen LogP contribution >= 0.6 is 11.3 Å². The van der Waals surface area contributed by atoms with Crippen molar-refractivity contribution in [1.82, 2.24) is 14.6 Å². The lowest BCUT2D eigenvalue weighted by Crippen LogP contribution is -2.38. The van der Waals surface area contributed by atoms with E-state index >= 15 is 0 Å². The van der Waals surface area contributed by atoms with Crippen LogP contribution in [0.2, 0.25) is 0 Å². The molecule has 0 radical (unpaired) electrons. The molecule has 0 amide bonds. The van der Waals surface area contributed by atoms with Gasteiger partial charge in [0.2, 0.25) is 0 Å². The Labute approximate surface area is 105 Å². The maximum Gasteiger partial charge on any atom is 0.254 e. The Hall–Kier alpha value is -0.500. The van der Waals surface area contributed by atoms with Gasteiger partial charge >= 0.3 is 0 Å². The van der Waals surface area contributed by atoms with Crippen LogP contribution in [0.5, 0.6) is 0 Å². The third-order valence-electron chi connectivity index (χ3n) is 3.56. The lowest BCUT2D eigenvalue weighted by molar-refractivity contribution is 0.384. The molecular formula is C10H15N3O2S2. The Kier molecular flexibility index (Phi) is 2.73. The molecule has 2 aliphatic rings. The van der Waals surface area contributed by atoms with Crippen LogP contribution in [-0.2, 0) is 10.0 Å². The van der Waals surface area contributed by atoms with E-state index in [4.69, 9.17) is 0 Å². The van der Waals surface area contributed by atoms with Gasteiger partial charge in [0.15, 0.2) is 4.21 Å². The minimum absolute atomic E-state index is 0.141. The van der Waals surface area contributed by atoms with Crippen molar-refractivity contribution in [3.05, 3.63) is 11.2 Å². The summed E-state index contributed by atoms with van der Waals surface area (Å²) >= 11 is 1.25. The summed E-state index contributed by atoms with van der Waals surface area (Å²) in [6.07, 6.45) is 2.44. The summed E-state index contributed by atoms with van der Waals surface area (Å²) in [4.78, 5) is 4.04. The molecule has 17 heavy (non-hydrogen) atoms. The van der Waals surface area contributed by atoms with Gasteiger partial charge in [0.1, 0.15) is 0 Å². The van der Waals surface area contributed by atoms with E-state index in [2.05, 4.69) is 10.3 Å². The fourth-order valence-corrected chi connectivity index (χ4v) is 5.62. The molecule has 7 heteroatoms. The minimum Gasteiger partial charge on any atom is -0.315 e. The molecule has 3 heterocycles. The van der Waals surface area contributed by atoms with Crippen molar-refractivity contribution in [2.75, 3.05) is 19.6 Å². The summed E-state index contributed by atoms with van der Waals surface area (Å²) in [5.41, 5.74) is 0. The zero-order valence-corrected chi connectivity index (χ0v) is 11.2. The number of aromatic nitrogens is 1. The summed E-state index contributed by atoms with van der Waals surface area (Å²) in [5, 5.41) is 4.06. The molecular weight excluding hydrogens is 258 g/mol. The second-order valence-corrected chi connectivity index (χ2v) is 7.94. The first-order valence-corrected chi connectivity index (χ1v) is 7.99. The minimum atomic E-state index is -3.32. The Morgan fingerprint density at radius 3 is 3.06 bits per heavy atom. The number of nitrogens with zero attached hydrogens (tertiary/aromatic N) is 2. The molecule has 0 bridgehead atoms. The van der Waals surface area contributed by atoms with E-state index in [1.807, 2.05) is 6.92 Å². The number of thiazole rings is 1. The van der Waals surface area contributed by atoms with Gasteiger partial charge in [0, 0.05) is 19.1 Å². The fourth-order valence-electron chi connectivity index (χ4n) is 2.68. The average Bonchev–Trinajstić information content (AvgIpc) is 2.89. The number of hydrogen-bond donors (Lipinski definition) is 1. The average molecular weight is 273 g/mol. The lowest BCUT2D eigenvalue weighted by atomic mass is 10.1. The van der Waals surface area contributed by atoms with Crippen LogP contribution in [0.15, 0.2) is 10.4 Å². The monoisotopic (exact) mass is 273 g/mol. The molecule has 0 spiro atoms. The van der Waals surface area contributed by atoms with E-state index < -0.39 is 10.0 Å². The van der Waals surface area contributed by atoms with E-state index in [1.54, 1.807) is 4.31 Å². The van der Waals surface area contributed by atoms with Crippen molar-refractivity contribution in [3.8, 4) is 0 Å². The third kappa shape index (κ3) is 1.81. The SMILES string of the molecule is Cc1ncc(S(=O)(=O)N2CC[C@H]3CNC[C@H]32)s1. The van der Waals surface area contributed by atoms with Crippen molar-refractivity contribution < 1.29 is 8.42 Å². The van der Waals surface area contributed by atoms with Crippen LogP contribution < -0.4 is 5.32 Å². The summed E-state index contributed by atoms with van der Waals surface area (Å²) in [6.45, 7) is 4.20. The number of rotatable bonds is 2. The summed E-state index contributed by atoms with van der Waals surface area (Å²) in [6, 6.07) is 0.141. The van der Waals surface area contributed by atoms with Crippen molar-refractivity contribution in [2.24, 2.45) is 5.92 Å². The van der Waals surface area contributed by atoms with Gasteiger partial charge in [0.05, 0.1) is 11.2 Å². The maximum absolute atomic E-state index is 12.5. The standard InChI is InChI=1S/C10H15N3O2S2/c1-7-12-6-10(16-7)17(14,15)13-3-2-8-4-11-5-9(8)13/h6,8-9,11H,2-5H2,1H3/t8-,9+/m0/s1. The summed E-state index contributed by atoms with van der Waals surface area (Å²) < 4.78 is 27.0. The van der Waals surface area contributed by atoms with Crippen molar-refractivity contribution in [2.45, 2.75) is 23.6 Å². The quantitative estimate of drug-likeness (QED) is 0.849. The van der Waals surface area contributed by atoms with Gasteiger partial charge in [-0.2, -0.15) is 4.31 Å². The van der Waals surface area contributed by atoms with E-state index in [0.29, 0.717) is 16.7 Å². The molecule has 2 aliphatic heterocycles. The number of sulfonamides is 1. The van der Waals surface area contributed by atoms with Gasteiger partial charge in [0.25, 0.3) is 10.0 Å². The highest BCUT2D eigenvalue weighted by Gasteiger charge is 2.44. The van der Waals surface area contributed by atoms with Crippen molar-refractivity contribution in [3.63, 3.8) is 0 Å². The molecule has 1 N–H and O–H groups in total. The fraction of sp³-hybridized carbons (Fsp3) is 0.700. The first-order chi connectivity index (χ1) is 8.09. The van der Waals surface area contributed by atoms with Crippen LogP contribution in [0, 0.1) is 12.8 Å². The van der Waals surface area contributed by atoms with Crippen LogP contribution in [0.25, 0.3) is 0 Å². The Balaban J connectivity index is 1.93. The second kappa shape index (κ2) is 4.01. The molecule has 94 valence electrons. The van der Waals surface area contributed by atoms with E-state index in [9.17, 15) is 8.42 Å². The van der Waals surface area contributed by atoms with Crippen molar-refractivity contribution in [1.29, 1.82) is 0 Å². The Morgan fingerprint density at radius 1 is 1.53 bits per heavy atom. The first-order valence-electron chi connectivity index (χ1n) is 5.74. The molecule has 0 aliphatic carbocycles. The topological polar surface area (TPSA) is 62.3 Å². The summed E-state index contributed by atoms with van der Waals surface area (Å²) in [5.74, 6) is 0.485. The Bertz CT molecular complexity index is 525. The van der Waals surface area contributed by atoms with Gasteiger partial charge in [-0.3, -0.25) is 0 Å². The normalized spacial score (nSPS) is 29.7. The zero-order chi connectivity index (χ0) is 12.0. The van der Waals surface area contributed by atoms with Crippen LogP contribution in [-0.4, -0.2) is 43.4 Å². The molecule has 1 aromatic heterocycles. The highest BCUT2D eigenvalue weighted by Crippen LogP contribution is 2.33. The predicted molar refractivity (Wildman–Crippen MR) is 65.5 cm³/mol. The molecule has 2 fully saturated rings. The molecule has 0 unspecified atom stereocenters. The smallest absolute Gasteiger partial charge is 0.254 e. The van der Waals surface area contributed by atoms with Gasteiger partial charge < -0.3 is 5.32 Å². The number of hydrogen-bond acceptors (Lipinski definition) is 5. The molecule has 0 aromatic carbocycles. The molecule has 1 aromatic rings. The van der Waals surface area contributed by atoms with Crippen molar-refractivity contribution >= 4 is 21.4 Å². The molecule has 0 saturated carbocycles. The predicted octanol–water partition coefficient (Wildman–Crippen LogP) is 0.434. The van der Waals surface area contributed by atoms with Gasteiger partial charge in [-0.1, -0.05) is 0 Å². The van der Waals surface area contributed by atoms with Gasteiger partial charge in [-0.25, -0.2) is 13.4 Å². The number of nitrogens with one attached hydrogen (secondary N) is 1. The number of aryl methyl sites for hydroxylation is 1. The molecule has 2 saturated heterocycles. The second-order valence-electron chi connectivity index (χ2n) is 4.59. The molecule has 2 atom stereocenters. The number of fused-ring (bicyclic) bond motifs is 1. The van der Waals surface area contributed by atoms with Crippen LogP contribution in [0.1, 0.15) is 11.4 Å². The Morgan fingerprint density at radius 2 is 2.35 bits per heavy atom. The van der Waals surface area contributed by atoms with Gasteiger partial charge in [-0.05, 0) is 25.8 Å². The van der Waals surface area contributed by atoms with E-state index in [0.717, 1.165) is 24.5 Å². The van der Waals surface area contributed by atoms with E-state index in [1.165, 1.54) is 17.5 Å². The van der Waals surface area contributed by atoms with Crippen LogP contribution in [0.4, 0.5) is 0 Å². The largest absolute Gasteiger partial charge is 0.315 e. The zero-order valence-electron chi connectivity index (χ0n) is 9.59. The maximum atomic E-state index is 12.5.